The maximum Gasteiger partial charge on any atom is 0.101 e. The lowest BCUT2D eigenvalue weighted by Crippen LogP contribution is -2.48. The second kappa shape index (κ2) is 4.61. The first kappa shape index (κ1) is 12.9. The Hall–Kier alpha value is 0.440. The third-order valence-corrected chi connectivity index (χ3v) is 5.29. The van der Waals surface area contributed by atoms with Crippen LogP contribution in [0, 0.1) is 24.4 Å². The van der Waals surface area contributed by atoms with E-state index in [0.29, 0.717) is 5.41 Å². The number of ether oxygens (including phenoxy) is 1. The molecule has 0 unspecified atom stereocenters. The lowest BCUT2D eigenvalue weighted by atomic mass is 9.70. The average molecular weight is 287 g/mol. The summed E-state index contributed by atoms with van der Waals surface area (Å²) < 4.78 is 6.30. The van der Waals surface area contributed by atoms with Gasteiger partial charge in [0.25, 0.3) is 0 Å². The third-order valence-electron chi connectivity index (χ3n) is 4.27. The lowest BCUT2D eigenvalue weighted by Gasteiger charge is -2.51. The van der Waals surface area contributed by atoms with E-state index < -0.39 is 0 Å². The molecule has 16 heavy (non-hydrogen) atoms. The summed E-state index contributed by atoms with van der Waals surface area (Å²) >= 11 is 3.63. The number of rotatable bonds is 4. The summed E-state index contributed by atoms with van der Waals surface area (Å²) in [7, 11) is 0. The van der Waals surface area contributed by atoms with Crippen LogP contribution in [0.5, 0.6) is 0 Å². The molecule has 2 aliphatic heterocycles. The molecule has 1 saturated carbocycles. The number of fused-ring (bicyclic) bond motifs is 3. The Morgan fingerprint density at radius 2 is 2.06 bits per heavy atom. The molecular weight excluding hydrogens is 264 g/mol. The van der Waals surface area contributed by atoms with E-state index in [1.807, 2.05) is 0 Å². The predicted octanol–water partition coefficient (Wildman–Crippen LogP) is 4.51. The van der Waals surface area contributed by atoms with Crippen LogP contribution in [-0.4, -0.2) is 10.9 Å². The van der Waals surface area contributed by atoms with Crippen molar-refractivity contribution in [2.24, 2.45) is 11.3 Å². The van der Waals surface area contributed by atoms with Crippen molar-refractivity contribution in [2.75, 3.05) is 5.33 Å². The maximum atomic E-state index is 6.30. The predicted molar refractivity (Wildman–Crippen MR) is 71.2 cm³/mol. The number of alkyl halides is 1. The van der Waals surface area contributed by atoms with Crippen LogP contribution in [0.25, 0.3) is 0 Å². The first-order chi connectivity index (χ1) is 7.50. The molecule has 1 aliphatic carbocycles. The zero-order valence-corrected chi connectivity index (χ0v) is 12.1. The van der Waals surface area contributed by atoms with Crippen LogP contribution >= 0.6 is 15.9 Å². The highest BCUT2D eigenvalue weighted by atomic mass is 79.9. The summed E-state index contributed by atoms with van der Waals surface area (Å²) in [6, 6.07) is 0. The van der Waals surface area contributed by atoms with Gasteiger partial charge in [0.2, 0.25) is 0 Å². The molecule has 0 aromatic carbocycles. The van der Waals surface area contributed by atoms with Crippen molar-refractivity contribution in [3.63, 3.8) is 0 Å². The highest BCUT2D eigenvalue weighted by Crippen LogP contribution is 2.52. The summed E-state index contributed by atoms with van der Waals surface area (Å²) in [5.41, 5.74) is 0.418. The van der Waals surface area contributed by atoms with Gasteiger partial charge in [-0.05, 0) is 49.9 Å². The molecule has 3 aliphatic rings. The molecule has 2 saturated heterocycles. The highest BCUT2D eigenvalue weighted by Gasteiger charge is 2.47. The first-order valence-electron chi connectivity index (χ1n) is 6.40. The maximum absolute atomic E-state index is 6.30. The van der Waals surface area contributed by atoms with Gasteiger partial charge in [0, 0.05) is 5.33 Å². The van der Waals surface area contributed by atoms with Gasteiger partial charge in [0.1, 0.15) is 6.10 Å². The Bertz CT molecular complexity index is 239. The fourth-order valence-electron chi connectivity index (χ4n) is 2.83. The molecule has 92 valence electrons. The zero-order chi connectivity index (χ0) is 11.8. The molecule has 2 radical (unpaired) electrons. The Kier molecular flexibility index (Phi) is 3.71. The van der Waals surface area contributed by atoms with Crippen LogP contribution < -0.4 is 0 Å². The molecule has 3 fully saturated rings. The van der Waals surface area contributed by atoms with E-state index >= 15 is 0 Å². The van der Waals surface area contributed by atoms with Crippen LogP contribution in [0.3, 0.4) is 0 Å². The lowest BCUT2D eigenvalue weighted by molar-refractivity contribution is -0.131. The van der Waals surface area contributed by atoms with Gasteiger partial charge < -0.3 is 4.74 Å². The Morgan fingerprint density at radius 1 is 1.44 bits per heavy atom. The summed E-state index contributed by atoms with van der Waals surface area (Å²) in [6.45, 7) is 8.63. The number of hydrogen-bond acceptors (Lipinski definition) is 1. The van der Waals surface area contributed by atoms with Crippen LogP contribution in [0.2, 0.25) is 0 Å². The SMILES string of the molecule is [CH2]CC(C)(C)C[C]1OC2(CBr)CCC1CC2. The second-order valence-electron chi connectivity index (χ2n) is 6.25. The fraction of sp³-hybridized carbons (Fsp3) is 0.857. The number of halogens is 1. The van der Waals surface area contributed by atoms with E-state index in [4.69, 9.17) is 4.74 Å². The molecule has 3 rings (SSSR count). The largest absolute Gasteiger partial charge is 0.364 e. The van der Waals surface area contributed by atoms with E-state index in [-0.39, 0.29) is 5.60 Å². The van der Waals surface area contributed by atoms with E-state index in [0.717, 1.165) is 24.1 Å². The minimum atomic E-state index is 0.126. The van der Waals surface area contributed by atoms with Gasteiger partial charge in [-0.3, -0.25) is 0 Å². The molecule has 2 heterocycles. The molecule has 0 aromatic heterocycles. The first-order valence-corrected chi connectivity index (χ1v) is 7.52. The van der Waals surface area contributed by atoms with Crippen molar-refractivity contribution in [1.29, 1.82) is 0 Å². The van der Waals surface area contributed by atoms with Gasteiger partial charge in [0.15, 0.2) is 0 Å². The van der Waals surface area contributed by atoms with Gasteiger partial charge in [-0.15, -0.1) is 0 Å². The normalized spacial score (nSPS) is 35.6. The standard InChI is InChI=1S/C14H23BrO/c1-4-13(2,3)9-12-11-5-7-14(10-15,16-12)8-6-11/h11H,1,4-10H2,2-3H3. The molecule has 2 heteroatoms. The van der Waals surface area contributed by atoms with E-state index in [1.165, 1.54) is 31.8 Å². The molecule has 0 atom stereocenters. The van der Waals surface area contributed by atoms with Crippen molar-refractivity contribution in [1.82, 2.24) is 0 Å². The van der Waals surface area contributed by atoms with Gasteiger partial charge in [0.05, 0.1) is 5.60 Å². The minimum Gasteiger partial charge on any atom is -0.364 e. The van der Waals surface area contributed by atoms with Crippen LogP contribution in [0.15, 0.2) is 0 Å². The van der Waals surface area contributed by atoms with Crippen molar-refractivity contribution in [3.8, 4) is 0 Å². The summed E-state index contributed by atoms with van der Waals surface area (Å²) in [5.74, 6) is 0.728. The van der Waals surface area contributed by atoms with Crippen LogP contribution in [0.1, 0.15) is 52.4 Å². The van der Waals surface area contributed by atoms with Crippen LogP contribution in [-0.2, 0) is 4.74 Å². The van der Waals surface area contributed by atoms with E-state index in [2.05, 4.69) is 36.7 Å². The monoisotopic (exact) mass is 286 g/mol. The smallest absolute Gasteiger partial charge is 0.101 e. The Balaban J connectivity index is 2.02. The van der Waals surface area contributed by atoms with Gasteiger partial charge in [-0.1, -0.05) is 36.7 Å². The second-order valence-corrected chi connectivity index (χ2v) is 6.81. The van der Waals surface area contributed by atoms with Crippen molar-refractivity contribution >= 4 is 15.9 Å². The molecule has 0 spiro atoms. The zero-order valence-electron chi connectivity index (χ0n) is 10.5. The minimum absolute atomic E-state index is 0.126. The molecular formula is C14H23BrO. The fourth-order valence-corrected chi connectivity index (χ4v) is 3.51. The summed E-state index contributed by atoms with van der Waals surface area (Å²) in [5, 5.41) is 0.987. The Labute approximate surface area is 108 Å². The molecule has 0 amide bonds. The van der Waals surface area contributed by atoms with Gasteiger partial charge >= 0.3 is 0 Å². The van der Waals surface area contributed by atoms with Crippen LogP contribution in [0.4, 0.5) is 0 Å². The number of hydrogen-bond donors (Lipinski definition) is 0. The van der Waals surface area contributed by atoms with E-state index in [1.54, 1.807) is 0 Å². The molecule has 0 aromatic rings. The molecule has 0 N–H and O–H groups in total. The summed E-state index contributed by atoms with van der Waals surface area (Å²) in [4.78, 5) is 0. The third kappa shape index (κ3) is 2.48. The highest BCUT2D eigenvalue weighted by molar-refractivity contribution is 9.09. The Morgan fingerprint density at radius 3 is 2.56 bits per heavy atom. The van der Waals surface area contributed by atoms with Crippen molar-refractivity contribution in [2.45, 2.75) is 58.0 Å². The summed E-state index contributed by atoms with van der Waals surface area (Å²) in [6.07, 6.45) is 8.56. The quantitative estimate of drug-likeness (QED) is 0.691. The van der Waals surface area contributed by atoms with E-state index in [9.17, 15) is 0 Å². The van der Waals surface area contributed by atoms with Crippen molar-refractivity contribution < 1.29 is 4.74 Å². The van der Waals surface area contributed by atoms with Gasteiger partial charge in [-0.2, -0.15) is 0 Å². The average Bonchev–Trinajstić information content (AvgIpc) is 2.30. The molecule has 2 bridgehead atoms. The van der Waals surface area contributed by atoms with Crippen molar-refractivity contribution in [3.05, 3.63) is 13.0 Å². The van der Waals surface area contributed by atoms with Gasteiger partial charge in [-0.25, -0.2) is 0 Å². The topological polar surface area (TPSA) is 9.23 Å². The molecule has 1 nitrogen and oxygen atoms in total.